The third kappa shape index (κ3) is 4.73. The van der Waals surface area contributed by atoms with Crippen LogP contribution >= 0.6 is 34.9 Å². The SMILES string of the molecule is CON=C(C(=O)N[C@@H]1C(=O)N2C(C(=O)[O-])=C(CSc3nc(=O)c([O-])nn3C)CS[C@H]12)c1csc(N)n1. The van der Waals surface area contributed by atoms with Crippen molar-refractivity contribution in [1.29, 1.82) is 0 Å². The van der Waals surface area contributed by atoms with Gasteiger partial charge in [-0.2, -0.15) is 10.1 Å². The van der Waals surface area contributed by atoms with Gasteiger partial charge in [0.05, 0.1) is 17.5 Å². The highest BCUT2D eigenvalue weighted by Gasteiger charge is 2.53. The second-order valence-corrected chi connectivity index (χ2v) is 10.1. The number of carboxylic acid groups (broad SMARTS) is 1. The van der Waals surface area contributed by atoms with Gasteiger partial charge in [0.1, 0.15) is 24.2 Å². The molecular formula is C18H16N8O7S3-2. The molecule has 36 heavy (non-hydrogen) atoms. The maximum atomic E-state index is 12.9. The summed E-state index contributed by atoms with van der Waals surface area (Å²) >= 11 is 3.31. The van der Waals surface area contributed by atoms with Gasteiger partial charge in [-0.1, -0.05) is 16.9 Å². The lowest BCUT2D eigenvalue weighted by atomic mass is 10.0. The van der Waals surface area contributed by atoms with Crippen molar-refractivity contribution in [2.24, 2.45) is 12.2 Å². The third-order valence-corrected chi connectivity index (χ3v) is 8.08. The van der Waals surface area contributed by atoms with Crippen molar-refractivity contribution in [3.8, 4) is 5.88 Å². The smallest absolute Gasteiger partial charge is 0.284 e. The van der Waals surface area contributed by atoms with Crippen LogP contribution in [-0.2, 0) is 26.3 Å². The molecule has 1 fully saturated rings. The molecule has 0 unspecified atom stereocenters. The molecule has 2 amide bonds. The molecule has 4 rings (SSSR count). The van der Waals surface area contributed by atoms with E-state index >= 15 is 0 Å². The van der Waals surface area contributed by atoms with E-state index in [-0.39, 0.29) is 38.9 Å². The zero-order chi connectivity index (χ0) is 26.1. The summed E-state index contributed by atoms with van der Waals surface area (Å²) in [5.74, 6) is -3.74. The summed E-state index contributed by atoms with van der Waals surface area (Å²) < 4.78 is 1.11. The van der Waals surface area contributed by atoms with Crippen LogP contribution in [0.1, 0.15) is 5.69 Å². The van der Waals surface area contributed by atoms with Crippen molar-refractivity contribution >= 4 is 63.5 Å². The van der Waals surface area contributed by atoms with Crippen LogP contribution in [0.15, 0.2) is 31.8 Å². The van der Waals surface area contributed by atoms with Crippen molar-refractivity contribution in [3.63, 3.8) is 0 Å². The normalized spacial score (nSPS) is 19.6. The first kappa shape index (κ1) is 25.5. The second-order valence-electron chi connectivity index (χ2n) is 7.21. The minimum atomic E-state index is -1.57. The van der Waals surface area contributed by atoms with Gasteiger partial charge < -0.3 is 30.9 Å². The summed E-state index contributed by atoms with van der Waals surface area (Å²) in [7, 11) is 2.66. The van der Waals surface area contributed by atoms with Crippen molar-refractivity contribution in [1.82, 2.24) is 30.0 Å². The number of amides is 2. The second kappa shape index (κ2) is 10.2. The maximum Gasteiger partial charge on any atom is 0.284 e. The first-order chi connectivity index (χ1) is 17.1. The van der Waals surface area contributed by atoms with Crippen molar-refractivity contribution in [3.05, 3.63) is 32.7 Å². The fraction of sp³-hybridized carbons (Fsp3) is 0.333. The van der Waals surface area contributed by atoms with Crippen LogP contribution in [0.2, 0.25) is 0 Å². The number of thiazole rings is 1. The van der Waals surface area contributed by atoms with Crippen molar-refractivity contribution in [2.45, 2.75) is 16.6 Å². The Balaban J connectivity index is 1.51. The predicted octanol–water partition coefficient (Wildman–Crippen LogP) is -3.17. The first-order valence-corrected chi connectivity index (χ1v) is 12.8. The number of fused-ring (bicyclic) bond motifs is 1. The lowest BCUT2D eigenvalue weighted by Gasteiger charge is -2.50. The molecule has 0 bridgehead atoms. The van der Waals surface area contributed by atoms with Crippen molar-refractivity contribution < 1.29 is 29.4 Å². The summed E-state index contributed by atoms with van der Waals surface area (Å²) in [5.41, 5.74) is 4.57. The number of anilines is 1. The lowest BCUT2D eigenvalue weighted by Crippen LogP contribution is -2.71. The molecular weight excluding hydrogens is 536 g/mol. The number of thioether (sulfide) groups is 2. The zero-order valence-corrected chi connectivity index (χ0v) is 20.9. The molecule has 0 saturated carbocycles. The van der Waals surface area contributed by atoms with Gasteiger partial charge in [0.25, 0.3) is 17.4 Å². The standard InChI is InChI=1S/C18H18N8O7S3/c1-25-18(22-12(28)13(29)23-25)36-4-6-3-34-15-9(14(30)26(15)10(6)16(31)32)21-11(27)8(24-33-2)7-5-35-17(19)20-7/h5,9,15H,3-4H2,1-2H3,(H2,19,20)(H,21,27)(H,23,29)(H,31,32)/p-2/t9-,15-/m1/s1. The fourth-order valence-electron chi connectivity index (χ4n) is 3.39. The third-order valence-electron chi connectivity index (χ3n) is 4.96. The number of rotatable bonds is 8. The average Bonchev–Trinajstić information content (AvgIpc) is 3.27. The number of hydrogen-bond acceptors (Lipinski definition) is 15. The molecule has 15 nitrogen and oxygen atoms in total. The number of nitrogens with one attached hydrogen (secondary N) is 1. The van der Waals surface area contributed by atoms with Gasteiger partial charge in [-0.3, -0.25) is 19.3 Å². The molecule has 4 heterocycles. The largest absolute Gasteiger partial charge is 0.854 e. The van der Waals surface area contributed by atoms with E-state index in [2.05, 4.69) is 25.5 Å². The van der Waals surface area contributed by atoms with E-state index in [1.54, 1.807) is 0 Å². The summed E-state index contributed by atoms with van der Waals surface area (Å²) in [5, 5.41) is 34.1. The highest BCUT2D eigenvalue weighted by molar-refractivity contribution is 8.01. The molecule has 190 valence electrons. The van der Waals surface area contributed by atoms with Crippen molar-refractivity contribution in [2.75, 3.05) is 24.3 Å². The highest BCUT2D eigenvalue weighted by Crippen LogP contribution is 2.41. The minimum absolute atomic E-state index is 0.0416. The number of aliphatic carboxylic acids is 1. The molecule has 0 radical (unpaired) electrons. The molecule has 3 N–H and O–H groups in total. The highest BCUT2D eigenvalue weighted by atomic mass is 32.2. The van der Waals surface area contributed by atoms with E-state index in [0.29, 0.717) is 5.57 Å². The molecule has 0 aliphatic carbocycles. The molecule has 18 heteroatoms. The van der Waals surface area contributed by atoms with Gasteiger partial charge in [-0.15, -0.1) is 23.1 Å². The number of carbonyl (C=O) groups is 3. The van der Waals surface area contributed by atoms with E-state index in [4.69, 9.17) is 10.6 Å². The average molecular weight is 553 g/mol. The molecule has 2 aliphatic rings. The number of carboxylic acids is 1. The molecule has 0 spiro atoms. The van der Waals surface area contributed by atoms with Crippen LogP contribution in [0.5, 0.6) is 5.88 Å². The fourth-order valence-corrected chi connectivity index (χ4v) is 6.33. The minimum Gasteiger partial charge on any atom is -0.854 e. The number of nitrogens with zero attached hydrogens (tertiary/aromatic N) is 6. The van der Waals surface area contributed by atoms with Gasteiger partial charge in [0.2, 0.25) is 0 Å². The molecule has 2 aromatic rings. The zero-order valence-electron chi connectivity index (χ0n) is 18.5. The molecule has 2 aliphatic heterocycles. The van der Waals surface area contributed by atoms with Crippen LogP contribution in [0, 0.1) is 0 Å². The Bertz CT molecular complexity index is 1370. The molecule has 1 saturated heterocycles. The van der Waals surface area contributed by atoms with Gasteiger partial charge in [0.15, 0.2) is 16.0 Å². The number of hydrogen-bond donors (Lipinski definition) is 2. The Labute approximate surface area is 214 Å². The number of β-lactam (4-membered cyclic amide) rings is 1. The quantitative estimate of drug-likeness (QED) is 0.143. The molecule has 0 aromatic carbocycles. The Hall–Kier alpha value is -3.64. The van der Waals surface area contributed by atoms with E-state index in [0.717, 1.165) is 32.7 Å². The van der Waals surface area contributed by atoms with Crippen LogP contribution in [0.25, 0.3) is 0 Å². The van der Waals surface area contributed by atoms with Crippen LogP contribution in [0.4, 0.5) is 5.13 Å². The van der Waals surface area contributed by atoms with Gasteiger partial charge >= 0.3 is 0 Å². The van der Waals surface area contributed by atoms with E-state index in [1.165, 1.54) is 31.3 Å². The number of oxime groups is 1. The lowest BCUT2D eigenvalue weighted by molar-refractivity contribution is -0.301. The summed E-state index contributed by atoms with van der Waals surface area (Å²) in [4.78, 5) is 62.5. The Kier molecular flexibility index (Phi) is 7.18. The number of aromatic nitrogens is 4. The number of carbonyl (C=O) groups excluding carboxylic acids is 3. The monoisotopic (exact) mass is 552 g/mol. The predicted molar refractivity (Wildman–Crippen MR) is 125 cm³/mol. The van der Waals surface area contributed by atoms with Crippen LogP contribution in [-0.4, -0.2) is 78.2 Å². The molecule has 2 aromatic heterocycles. The topological polar surface area (TPSA) is 221 Å². The summed E-state index contributed by atoms with van der Waals surface area (Å²) in [6, 6.07) is -1.03. The van der Waals surface area contributed by atoms with Gasteiger partial charge in [-0.05, 0) is 5.57 Å². The number of aryl methyl sites for hydroxylation is 1. The van der Waals surface area contributed by atoms with Gasteiger partial charge in [0, 0.05) is 23.9 Å². The summed E-state index contributed by atoms with van der Waals surface area (Å²) in [6.07, 6.45) is 0. The van der Waals surface area contributed by atoms with E-state index < -0.39 is 40.6 Å². The molecule has 2 atom stereocenters. The van der Waals surface area contributed by atoms with Crippen LogP contribution < -0.4 is 26.8 Å². The first-order valence-electron chi connectivity index (χ1n) is 9.89. The van der Waals surface area contributed by atoms with E-state index in [1.807, 2.05) is 0 Å². The van der Waals surface area contributed by atoms with Crippen LogP contribution in [0.3, 0.4) is 0 Å². The summed E-state index contributed by atoms with van der Waals surface area (Å²) in [6.45, 7) is 0. The maximum absolute atomic E-state index is 12.9. The van der Waals surface area contributed by atoms with E-state index in [9.17, 15) is 29.4 Å². The van der Waals surface area contributed by atoms with Gasteiger partial charge in [-0.25, -0.2) is 9.67 Å². The number of nitrogens with two attached hydrogens (primary N) is 1. The Morgan fingerprint density at radius 1 is 1.39 bits per heavy atom. The Morgan fingerprint density at radius 3 is 2.78 bits per heavy atom. The number of nitrogen functional groups attached to an aromatic ring is 1. The Morgan fingerprint density at radius 2 is 2.14 bits per heavy atom.